The van der Waals surface area contributed by atoms with Crippen molar-refractivity contribution in [2.45, 2.75) is 17.5 Å². The van der Waals surface area contributed by atoms with Gasteiger partial charge in [0, 0.05) is 19.2 Å². The van der Waals surface area contributed by atoms with Crippen LogP contribution in [-0.2, 0) is 9.84 Å². The van der Waals surface area contributed by atoms with E-state index < -0.39 is 15.7 Å². The second kappa shape index (κ2) is 5.48. The lowest BCUT2D eigenvalue weighted by molar-refractivity contribution is 0.271. The molecule has 5 nitrogen and oxygen atoms in total. The SMILES string of the molecule is CN1C=CCC2C=NC(S(=O)(=O)c3ccc(F)c(Cl)c3)=NC21. The molecule has 0 aromatic heterocycles. The van der Waals surface area contributed by atoms with Gasteiger partial charge >= 0.3 is 0 Å². The van der Waals surface area contributed by atoms with Gasteiger partial charge in [-0.15, -0.1) is 0 Å². The minimum absolute atomic E-state index is 0.0470. The number of nitrogens with zero attached hydrogens (tertiary/aromatic N) is 3. The van der Waals surface area contributed by atoms with E-state index in [9.17, 15) is 12.8 Å². The maximum absolute atomic E-state index is 13.2. The van der Waals surface area contributed by atoms with Gasteiger partial charge < -0.3 is 4.90 Å². The number of rotatable bonds is 1. The molecule has 22 heavy (non-hydrogen) atoms. The second-order valence-electron chi connectivity index (χ2n) is 5.13. The van der Waals surface area contributed by atoms with Crippen molar-refractivity contribution in [2.24, 2.45) is 15.9 Å². The normalized spacial score (nSPS) is 24.1. The van der Waals surface area contributed by atoms with Crippen LogP contribution in [0.1, 0.15) is 6.42 Å². The molecule has 0 amide bonds. The van der Waals surface area contributed by atoms with Crippen LogP contribution in [0.15, 0.2) is 45.4 Å². The maximum Gasteiger partial charge on any atom is 0.249 e. The van der Waals surface area contributed by atoms with Crippen LogP contribution in [0.4, 0.5) is 4.39 Å². The summed E-state index contributed by atoms with van der Waals surface area (Å²) in [6.07, 6.45) is 5.92. The summed E-state index contributed by atoms with van der Waals surface area (Å²) in [6, 6.07) is 3.24. The van der Waals surface area contributed by atoms with Crippen molar-refractivity contribution in [3.8, 4) is 0 Å². The lowest BCUT2D eigenvalue weighted by Crippen LogP contribution is -2.40. The molecule has 0 saturated carbocycles. The van der Waals surface area contributed by atoms with E-state index in [1.165, 1.54) is 0 Å². The highest BCUT2D eigenvalue weighted by atomic mass is 35.5. The molecule has 0 spiro atoms. The molecule has 2 aliphatic rings. The van der Waals surface area contributed by atoms with Crippen molar-refractivity contribution in [1.29, 1.82) is 0 Å². The Balaban J connectivity index is 2.01. The summed E-state index contributed by atoms with van der Waals surface area (Å²) in [6.45, 7) is 0. The van der Waals surface area contributed by atoms with Crippen LogP contribution in [0.3, 0.4) is 0 Å². The standard InChI is InChI=1S/C14H13ClFN3O2S/c1-19-6-2-3-9-8-17-14(18-13(9)19)22(20,21)10-4-5-12(16)11(15)7-10/h2,4-9,13H,3H2,1H3. The first-order valence-electron chi connectivity index (χ1n) is 6.60. The van der Waals surface area contributed by atoms with Crippen LogP contribution in [0.2, 0.25) is 5.02 Å². The zero-order chi connectivity index (χ0) is 15.9. The van der Waals surface area contributed by atoms with Gasteiger partial charge in [0.25, 0.3) is 0 Å². The molecule has 1 aromatic carbocycles. The smallest absolute Gasteiger partial charge is 0.249 e. The van der Waals surface area contributed by atoms with Crippen molar-refractivity contribution >= 4 is 32.8 Å². The van der Waals surface area contributed by atoms with Gasteiger partial charge in [0.2, 0.25) is 15.0 Å². The van der Waals surface area contributed by atoms with Gasteiger partial charge in [0.15, 0.2) is 0 Å². The summed E-state index contributed by atoms with van der Waals surface area (Å²) in [5, 5.41) is -0.532. The Morgan fingerprint density at radius 1 is 1.41 bits per heavy atom. The number of hydrogen-bond acceptors (Lipinski definition) is 5. The molecule has 0 fully saturated rings. The summed E-state index contributed by atoms with van der Waals surface area (Å²) < 4.78 is 38.3. The van der Waals surface area contributed by atoms with E-state index in [1.54, 1.807) is 6.21 Å². The minimum Gasteiger partial charge on any atom is -0.359 e. The lowest BCUT2D eigenvalue weighted by Gasteiger charge is -2.33. The van der Waals surface area contributed by atoms with Gasteiger partial charge in [0.1, 0.15) is 12.0 Å². The Hall–Kier alpha value is -1.73. The zero-order valence-electron chi connectivity index (χ0n) is 11.6. The number of fused-ring (bicyclic) bond motifs is 1. The predicted octanol–water partition coefficient (Wildman–Crippen LogP) is 2.48. The van der Waals surface area contributed by atoms with Crippen molar-refractivity contribution in [3.05, 3.63) is 41.3 Å². The van der Waals surface area contributed by atoms with Crippen LogP contribution in [-0.4, -0.2) is 37.9 Å². The van der Waals surface area contributed by atoms with Crippen molar-refractivity contribution in [3.63, 3.8) is 0 Å². The average Bonchev–Trinajstić information content (AvgIpc) is 2.50. The third-order valence-corrected chi connectivity index (χ3v) is 5.47. The molecule has 0 aliphatic carbocycles. The molecule has 2 heterocycles. The number of aliphatic imine (C=N–C) groups is 2. The van der Waals surface area contributed by atoms with Gasteiger partial charge in [-0.05, 0) is 30.8 Å². The molecule has 2 aliphatic heterocycles. The summed E-state index contributed by atoms with van der Waals surface area (Å²) >= 11 is 5.66. The summed E-state index contributed by atoms with van der Waals surface area (Å²) in [4.78, 5) is 9.96. The van der Waals surface area contributed by atoms with Gasteiger partial charge in [-0.2, -0.15) is 0 Å². The molecule has 8 heteroatoms. The van der Waals surface area contributed by atoms with Crippen LogP contribution in [0.5, 0.6) is 0 Å². The molecular weight excluding hydrogens is 329 g/mol. The molecule has 116 valence electrons. The first-order valence-corrected chi connectivity index (χ1v) is 8.46. The van der Waals surface area contributed by atoms with E-state index >= 15 is 0 Å². The van der Waals surface area contributed by atoms with Crippen molar-refractivity contribution in [1.82, 2.24) is 4.90 Å². The lowest BCUT2D eigenvalue weighted by atomic mass is 9.99. The Morgan fingerprint density at radius 2 is 2.18 bits per heavy atom. The minimum atomic E-state index is -3.93. The number of hydrogen-bond donors (Lipinski definition) is 0. The molecule has 3 rings (SSSR count). The van der Waals surface area contributed by atoms with Crippen LogP contribution in [0, 0.1) is 11.7 Å². The molecule has 0 bridgehead atoms. The van der Waals surface area contributed by atoms with Gasteiger partial charge in [-0.25, -0.2) is 22.8 Å². The second-order valence-corrected chi connectivity index (χ2v) is 7.38. The van der Waals surface area contributed by atoms with E-state index in [-0.39, 0.29) is 27.2 Å². The topological polar surface area (TPSA) is 62.1 Å². The maximum atomic E-state index is 13.2. The largest absolute Gasteiger partial charge is 0.359 e. The highest BCUT2D eigenvalue weighted by Crippen LogP contribution is 2.27. The Kier molecular flexibility index (Phi) is 3.78. The third kappa shape index (κ3) is 2.55. The number of amidine groups is 1. The third-order valence-electron chi connectivity index (χ3n) is 3.61. The van der Waals surface area contributed by atoms with E-state index in [2.05, 4.69) is 9.98 Å². The number of halogens is 2. The monoisotopic (exact) mass is 341 g/mol. The van der Waals surface area contributed by atoms with E-state index in [0.29, 0.717) is 0 Å². The number of allylic oxidation sites excluding steroid dienone is 1. The van der Waals surface area contributed by atoms with Crippen LogP contribution in [0.25, 0.3) is 0 Å². The fourth-order valence-electron chi connectivity index (χ4n) is 2.42. The fraction of sp³-hybridized carbons (Fsp3) is 0.286. The zero-order valence-corrected chi connectivity index (χ0v) is 13.2. The van der Waals surface area contributed by atoms with Crippen molar-refractivity contribution in [2.75, 3.05) is 7.05 Å². The number of benzene rings is 1. The first kappa shape index (κ1) is 15.2. The fourth-order valence-corrected chi connectivity index (χ4v) is 3.84. The molecule has 2 unspecified atom stereocenters. The van der Waals surface area contributed by atoms with Gasteiger partial charge in [0.05, 0.1) is 9.92 Å². The molecule has 2 atom stereocenters. The van der Waals surface area contributed by atoms with E-state index in [1.807, 2.05) is 24.2 Å². The first-order chi connectivity index (χ1) is 10.4. The number of sulfone groups is 1. The Labute approximate surface area is 132 Å². The van der Waals surface area contributed by atoms with Gasteiger partial charge in [-0.1, -0.05) is 17.7 Å². The van der Waals surface area contributed by atoms with Crippen LogP contribution >= 0.6 is 11.6 Å². The molecule has 0 saturated heterocycles. The van der Waals surface area contributed by atoms with E-state index in [0.717, 1.165) is 24.6 Å². The van der Waals surface area contributed by atoms with Crippen molar-refractivity contribution < 1.29 is 12.8 Å². The quantitative estimate of drug-likeness (QED) is 0.737. The summed E-state index contributed by atoms with van der Waals surface area (Å²) in [7, 11) is -2.10. The average molecular weight is 342 g/mol. The molecular formula is C14H13ClFN3O2S. The highest BCUT2D eigenvalue weighted by molar-refractivity contribution is 8.06. The Morgan fingerprint density at radius 3 is 2.91 bits per heavy atom. The molecule has 0 radical (unpaired) electrons. The van der Waals surface area contributed by atoms with Gasteiger partial charge in [-0.3, -0.25) is 0 Å². The van der Waals surface area contributed by atoms with E-state index in [4.69, 9.17) is 11.6 Å². The molecule has 0 N–H and O–H groups in total. The molecule has 1 aromatic rings. The predicted molar refractivity (Wildman–Crippen MR) is 83.3 cm³/mol. The highest BCUT2D eigenvalue weighted by Gasteiger charge is 2.32. The summed E-state index contributed by atoms with van der Waals surface area (Å²) in [5.74, 6) is -0.627. The Bertz CT molecular complexity index is 804. The summed E-state index contributed by atoms with van der Waals surface area (Å²) in [5.41, 5.74) is 0. The van der Waals surface area contributed by atoms with Crippen LogP contribution < -0.4 is 0 Å².